The summed E-state index contributed by atoms with van der Waals surface area (Å²) in [5, 5.41) is 13.1. The summed E-state index contributed by atoms with van der Waals surface area (Å²) in [6.07, 6.45) is -1.69. The minimum absolute atomic E-state index is 0.111. The van der Waals surface area contributed by atoms with Crippen LogP contribution < -0.4 is 20.9 Å². The highest BCUT2D eigenvalue weighted by atomic mass is 19.4. The molecule has 3 aromatic rings. The molecule has 0 aliphatic heterocycles. The highest BCUT2D eigenvalue weighted by Gasteiger charge is 2.31. The van der Waals surface area contributed by atoms with E-state index in [1.165, 1.54) is 28.8 Å². The third kappa shape index (κ3) is 9.66. The van der Waals surface area contributed by atoms with Crippen LogP contribution in [0.3, 0.4) is 0 Å². The number of benzene rings is 2. The maximum absolute atomic E-state index is 15.2. The van der Waals surface area contributed by atoms with Crippen molar-refractivity contribution >= 4 is 22.8 Å². The molecule has 0 saturated carbocycles. The summed E-state index contributed by atoms with van der Waals surface area (Å²) in [7, 11) is 0. The zero-order valence-electron chi connectivity index (χ0n) is 23.8. The Kier molecular flexibility index (Phi) is 10.3. The fourth-order valence-corrected chi connectivity index (χ4v) is 3.48. The molecule has 0 aliphatic carbocycles. The smallest absolute Gasteiger partial charge is 0.422 e. The summed E-state index contributed by atoms with van der Waals surface area (Å²) < 4.78 is 62.7. The Morgan fingerprint density at radius 1 is 1.15 bits per heavy atom. The van der Waals surface area contributed by atoms with Crippen LogP contribution in [-0.4, -0.2) is 33.1 Å². The zero-order valence-corrected chi connectivity index (χ0v) is 23.8. The van der Waals surface area contributed by atoms with Gasteiger partial charge < -0.3 is 20.1 Å². The van der Waals surface area contributed by atoms with E-state index in [1.54, 1.807) is 13.2 Å². The van der Waals surface area contributed by atoms with Crippen LogP contribution in [0.15, 0.2) is 47.4 Å². The van der Waals surface area contributed by atoms with Gasteiger partial charge >= 0.3 is 12.4 Å². The lowest BCUT2D eigenvalue weighted by molar-refractivity contribution is -0.274. The number of carbonyl (C=O) groups excluding carboxylic acids is 1. The number of ether oxygens (including phenoxy) is 2. The molecule has 2 amide bonds. The molecule has 1 atom stereocenters. The second-order valence-electron chi connectivity index (χ2n) is 10.7. The van der Waals surface area contributed by atoms with Gasteiger partial charge in [-0.15, -0.1) is 13.2 Å². The number of fused-ring (bicyclic) bond motifs is 1. The molecule has 1 aromatic heterocycles. The largest absolute Gasteiger partial charge is 0.573 e. The monoisotopic (exact) mass is 579 g/mol. The van der Waals surface area contributed by atoms with Crippen molar-refractivity contribution in [2.45, 2.75) is 78.4 Å². The van der Waals surface area contributed by atoms with Gasteiger partial charge in [0.2, 0.25) is 0 Å². The molecule has 2 aromatic carbocycles. The first-order valence-electron chi connectivity index (χ1n) is 12.6. The van der Waals surface area contributed by atoms with Gasteiger partial charge in [-0.1, -0.05) is 19.1 Å². The number of hydrogen-bond acceptors (Lipinski definition) is 6. The van der Waals surface area contributed by atoms with E-state index in [0.717, 1.165) is 18.3 Å². The average Bonchev–Trinajstić information content (AvgIpc) is 2.84. The van der Waals surface area contributed by atoms with Crippen molar-refractivity contribution < 1.29 is 31.8 Å². The molecule has 0 aliphatic rings. The van der Waals surface area contributed by atoms with Gasteiger partial charge in [-0.05, 0) is 77.8 Å². The van der Waals surface area contributed by atoms with Crippen molar-refractivity contribution in [3.05, 3.63) is 64.3 Å². The number of urea groups is 1. The van der Waals surface area contributed by atoms with E-state index in [4.69, 9.17) is 5.26 Å². The fourth-order valence-electron chi connectivity index (χ4n) is 3.48. The van der Waals surface area contributed by atoms with E-state index in [1.807, 2.05) is 41.5 Å². The number of alkyl halides is 3. The summed E-state index contributed by atoms with van der Waals surface area (Å²) in [5.74, 6) is -1.29. The third-order valence-electron chi connectivity index (χ3n) is 5.79. The number of nitrogens with zero attached hydrogens (tertiary/aromatic N) is 3. The maximum Gasteiger partial charge on any atom is 0.573 e. The lowest BCUT2D eigenvalue weighted by Gasteiger charge is -2.24. The molecular formula is C28H33F4N5O4. The summed E-state index contributed by atoms with van der Waals surface area (Å²) >= 11 is 0. The minimum atomic E-state index is -4.87. The molecule has 1 heterocycles. The summed E-state index contributed by atoms with van der Waals surface area (Å²) in [5.41, 5.74) is -1.26. The van der Waals surface area contributed by atoms with Crippen LogP contribution >= 0.6 is 0 Å². The van der Waals surface area contributed by atoms with E-state index >= 15 is 4.39 Å². The number of anilines is 1. The molecule has 0 radical (unpaired) electrons. The quantitative estimate of drug-likeness (QED) is 0.250. The lowest BCUT2D eigenvalue weighted by Crippen LogP contribution is -2.45. The van der Waals surface area contributed by atoms with Crippen molar-refractivity contribution in [1.82, 2.24) is 14.9 Å². The van der Waals surface area contributed by atoms with Crippen molar-refractivity contribution in [3.8, 4) is 12.0 Å². The van der Waals surface area contributed by atoms with E-state index in [-0.39, 0.29) is 22.3 Å². The summed E-state index contributed by atoms with van der Waals surface area (Å²) in [6, 6.07) is 6.51. The fraction of sp³-hybridized carbons (Fsp3) is 0.429. The molecule has 41 heavy (non-hydrogen) atoms. The Morgan fingerprint density at radius 3 is 2.34 bits per heavy atom. The van der Waals surface area contributed by atoms with Gasteiger partial charge in [0.25, 0.3) is 11.8 Å². The Bertz CT molecular complexity index is 1470. The molecule has 0 spiro atoms. The maximum atomic E-state index is 15.2. The molecule has 2 N–H and O–H groups in total. The summed E-state index contributed by atoms with van der Waals surface area (Å²) in [6.45, 7) is 12.6. The number of carbonyl (C=O) groups is 1. The van der Waals surface area contributed by atoms with Crippen LogP contribution in [0.2, 0.25) is 0 Å². The predicted octanol–water partition coefficient (Wildman–Crippen LogP) is 6.64. The van der Waals surface area contributed by atoms with Crippen molar-refractivity contribution in [2.24, 2.45) is 0 Å². The van der Waals surface area contributed by atoms with Crippen LogP contribution in [0.4, 0.5) is 28.0 Å². The van der Waals surface area contributed by atoms with Crippen LogP contribution in [0, 0.1) is 17.3 Å². The van der Waals surface area contributed by atoms with Gasteiger partial charge in [0.05, 0.1) is 23.4 Å². The highest BCUT2D eigenvalue weighted by Crippen LogP contribution is 2.29. The van der Waals surface area contributed by atoms with Gasteiger partial charge in [0.15, 0.2) is 5.82 Å². The van der Waals surface area contributed by atoms with Crippen molar-refractivity contribution in [1.29, 1.82) is 5.26 Å². The van der Waals surface area contributed by atoms with Crippen LogP contribution in [0.25, 0.3) is 11.0 Å². The standard InChI is InChI=1S/C23H24F4N4O3.C5H9NO/c1-5-22(3,4)30-21(33)29-16-9-10-17-20(19(16)24)28-12-18(32)31(17)13(2)14-7-6-8-15(11-14)34-23(25,26)27;1-5(2,3)7-4-6/h6-13H,5H2,1-4H3,(H2,29,30,33);1-3H3/t13-;/m0./s1. The predicted molar refractivity (Wildman–Crippen MR) is 146 cm³/mol. The first kappa shape index (κ1) is 32.9. The topological polar surface area (TPSA) is 118 Å². The van der Waals surface area contributed by atoms with Crippen LogP contribution in [0.1, 0.15) is 66.5 Å². The molecule has 0 bridgehead atoms. The minimum Gasteiger partial charge on any atom is -0.422 e. The van der Waals surface area contributed by atoms with Crippen LogP contribution in [-0.2, 0) is 4.74 Å². The molecule has 222 valence electrons. The SMILES string of the molecule is CC(C)(C)OC#N.CCC(C)(C)NC(=O)Nc1ccc2c(ncc(=O)n2[C@@H](C)c2cccc(OC(F)(F)F)c2)c1F. The zero-order chi connectivity index (χ0) is 31.2. The Labute approximate surface area is 235 Å². The van der Waals surface area contributed by atoms with Crippen molar-refractivity contribution in [2.75, 3.05) is 5.32 Å². The Morgan fingerprint density at radius 2 is 1.80 bits per heavy atom. The van der Waals surface area contributed by atoms with Crippen LogP contribution in [0.5, 0.6) is 5.75 Å². The number of nitriles is 1. The second kappa shape index (κ2) is 12.9. The number of aromatic nitrogens is 2. The molecular weight excluding hydrogens is 546 g/mol. The lowest BCUT2D eigenvalue weighted by atomic mass is 10.0. The van der Waals surface area contributed by atoms with E-state index in [2.05, 4.69) is 25.1 Å². The molecule has 0 fully saturated rings. The average molecular weight is 580 g/mol. The molecule has 9 nitrogen and oxygen atoms in total. The van der Waals surface area contributed by atoms with Gasteiger partial charge in [0.1, 0.15) is 16.9 Å². The van der Waals surface area contributed by atoms with E-state index in [9.17, 15) is 22.8 Å². The van der Waals surface area contributed by atoms with Gasteiger partial charge in [-0.3, -0.25) is 9.36 Å². The van der Waals surface area contributed by atoms with Gasteiger partial charge in [-0.25, -0.2) is 14.2 Å². The van der Waals surface area contributed by atoms with Gasteiger partial charge in [0, 0.05) is 5.54 Å². The Balaban J connectivity index is 0.000000745. The van der Waals surface area contributed by atoms with E-state index < -0.39 is 41.1 Å². The molecule has 13 heteroatoms. The summed E-state index contributed by atoms with van der Waals surface area (Å²) in [4.78, 5) is 28.8. The normalized spacial score (nSPS) is 12.4. The highest BCUT2D eigenvalue weighted by molar-refractivity contribution is 5.92. The number of amides is 2. The first-order valence-corrected chi connectivity index (χ1v) is 12.6. The molecule has 0 saturated heterocycles. The molecule has 3 rings (SSSR count). The second-order valence-corrected chi connectivity index (χ2v) is 10.7. The number of nitrogens with one attached hydrogen (secondary N) is 2. The third-order valence-corrected chi connectivity index (χ3v) is 5.79. The Hall–Kier alpha value is -4.34. The molecule has 0 unspecified atom stereocenters. The van der Waals surface area contributed by atoms with Gasteiger partial charge in [-0.2, -0.15) is 5.26 Å². The number of hydrogen-bond donors (Lipinski definition) is 2. The van der Waals surface area contributed by atoms with Crippen molar-refractivity contribution in [3.63, 3.8) is 0 Å². The van der Waals surface area contributed by atoms with E-state index in [0.29, 0.717) is 12.0 Å². The number of halogens is 4. The number of rotatable bonds is 6. The first-order chi connectivity index (χ1) is 18.9.